The van der Waals surface area contributed by atoms with Gasteiger partial charge in [0, 0.05) is 18.6 Å². The lowest BCUT2D eigenvalue weighted by atomic mass is 10.4. The van der Waals surface area contributed by atoms with Gasteiger partial charge >= 0.3 is 17.9 Å². The summed E-state index contributed by atoms with van der Waals surface area (Å²) in [6.07, 6.45) is 4.25. The van der Waals surface area contributed by atoms with Crippen LogP contribution in [0.25, 0.3) is 0 Å². The second-order valence-electron chi connectivity index (χ2n) is 4.14. The number of carbonyl (C=O) groups excluding carboxylic acids is 3. The molecule has 7 nitrogen and oxygen atoms in total. The van der Waals surface area contributed by atoms with Crippen LogP contribution in [0.3, 0.4) is 0 Å². The van der Waals surface area contributed by atoms with Crippen LogP contribution in [-0.4, -0.2) is 42.8 Å². The summed E-state index contributed by atoms with van der Waals surface area (Å²) in [4.78, 5) is 30.6. The summed E-state index contributed by atoms with van der Waals surface area (Å²) in [6, 6.07) is 0. The van der Waals surface area contributed by atoms with Crippen LogP contribution in [-0.2, 0) is 28.6 Å². The second-order valence-corrected chi connectivity index (χ2v) is 4.14. The Morgan fingerprint density at radius 1 is 1.08 bits per heavy atom. The Balaban J connectivity index is -0.000000282. The zero-order valence-corrected chi connectivity index (χ0v) is 14.7. The van der Waals surface area contributed by atoms with Crippen molar-refractivity contribution >= 4 is 17.9 Å². The van der Waals surface area contributed by atoms with E-state index >= 15 is 0 Å². The smallest absolute Gasteiger partial charge is 0.333 e. The number of rotatable bonds is 8. The van der Waals surface area contributed by atoms with E-state index < -0.39 is 5.97 Å². The number of hydrogen-bond donors (Lipinski definition) is 1. The van der Waals surface area contributed by atoms with Crippen LogP contribution >= 0.6 is 0 Å². The highest BCUT2D eigenvalue weighted by Crippen LogP contribution is 1.90. The van der Waals surface area contributed by atoms with Gasteiger partial charge in [-0.3, -0.25) is 4.79 Å². The highest BCUT2D eigenvalue weighted by Gasteiger charge is 1.99. The van der Waals surface area contributed by atoms with E-state index in [1.54, 1.807) is 6.92 Å². The van der Waals surface area contributed by atoms with E-state index in [2.05, 4.69) is 33.9 Å². The van der Waals surface area contributed by atoms with Gasteiger partial charge in [0.25, 0.3) is 0 Å². The van der Waals surface area contributed by atoms with Crippen molar-refractivity contribution < 1.29 is 33.7 Å². The molecule has 0 saturated carbocycles. The number of carbonyl (C=O) groups is 3. The van der Waals surface area contributed by atoms with Gasteiger partial charge in [0.1, 0.15) is 6.61 Å². The first kappa shape index (κ1) is 26.5. The maximum absolute atomic E-state index is 10.5. The van der Waals surface area contributed by atoms with E-state index in [4.69, 9.17) is 5.11 Å². The monoisotopic (exact) mass is 344 g/mol. The predicted octanol–water partition coefficient (Wildman–Crippen LogP) is 2.31. The molecule has 0 aromatic rings. The van der Waals surface area contributed by atoms with Crippen molar-refractivity contribution in [3.63, 3.8) is 0 Å². The third-order valence-electron chi connectivity index (χ3n) is 1.83. The van der Waals surface area contributed by atoms with Crippen molar-refractivity contribution in [2.45, 2.75) is 33.6 Å². The summed E-state index contributed by atoms with van der Waals surface area (Å²) < 4.78 is 13.3. The molecule has 0 aliphatic carbocycles. The molecule has 7 heteroatoms. The van der Waals surface area contributed by atoms with Crippen LogP contribution in [0.2, 0.25) is 0 Å². The first-order valence-corrected chi connectivity index (χ1v) is 7.27. The average molecular weight is 344 g/mol. The van der Waals surface area contributed by atoms with Crippen molar-refractivity contribution in [1.29, 1.82) is 0 Å². The van der Waals surface area contributed by atoms with Gasteiger partial charge in [-0.25, -0.2) is 9.59 Å². The molecule has 0 fully saturated rings. The minimum Gasteiger partial charge on any atom is -0.463 e. The third-order valence-corrected chi connectivity index (χ3v) is 1.83. The molecule has 0 rings (SSSR count). The number of hydrogen-bond acceptors (Lipinski definition) is 7. The fourth-order valence-corrected chi connectivity index (χ4v) is 0.755. The van der Waals surface area contributed by atoms with Crippen molar-refractivity contribution in [2.24, 2.45) is 0 Å². The van der Waals surface area contributed by atoms with Crippen LogP contribution in [0.5, 0.6) is 0 Å². The molecule has 0 bridgehead atoms. The Bertz CT molecular complexity index is 398. The van der Waals surface area contributed by atoms with E-state index in [1.807, 2.05) is 6.92 Å². The van der Waals surface area contributed by atoms with Crippen LogP contribution in [0.4, 0.5) is 0 Å². The molecule has 0 aliphatic heterocycles. The van der Waals surface area contributed by atoms with Gasteiger partial charge in [-0.1, -0.05) is 33.1 Å². The van der Waals surface area contributed by atoms with Crippen LogP contribution in [0, 0.1) is 0 Å². The lowest BCUT2D eigenvalue weighted by molar-refractivity contribution is -0.140. The molecule has 0 aliphatic rings. The first-order valence-electron chi connectivity index (χ1n) is 7.27. The zero-order valence-electron chi connectivity index (χ0n) is 14.7. The quantitative estimate of drug-likeness (QED) is 0.237. The van der Waals surface area contributed by atoms with E-state index in [-0.39, 0.29) is 25.2 Å². The van der Waals surface area contributed by atoms with Crippen LogP contribution < -0.4 is 0 Å². The minimum atomic E-state index is -0.455. The molecule has 0 aromatic carbocycles. The number of aliphatic hydroxyl groups is 1. The largest absolute Gasteiger partial charge is 0.463 e. The molecule has 0 spiro atoms. The number of esters is 3. The molecule has 0 amide bonds. The van der Waals surface area contributed by atoms with Crippen molar-refractivity contribution in [3.8, 4) is 0 Å². The number of aliphatic hydroxyl groups excluding tert-OH is 1. The molecule has 0 unspecified atom stereocenters. The summed E-state index contributed by atoms with van der Waals surface area (Å²) in [6.45, 7) is 15.1. The molecule has 138 valence electrons. The summed E-state index contributed by atoms with van der Waals surface area (Å²) in [5.74, 6) is -1.11. The van der Waals surface area contributed by atoms with Crippen molar-refractivity contribution in [3.05, 3.63) is 37.6 Å². The van der Waals surface area contributed by atoms with E-state index in [1.165, 1.54) is 13.0 Å². The van der Waals surface area contributed by atoms with E-state index in [0.717, 1.165) is 19.1 Å². The summed E-state index contributed by atoms with van der Waals surface area (Å²) in [5, 5.41) is 8.19. The fourth-order valence-electron chi connectivity index (χ4n) is 0.755. The van der Waals surface area contributed by atoms with Gasteiger partial charge in [0.15, 0.2) is 0 Å². The Labute approximate surface area is 143 Å². The Hall–Kier alpha value is -2.41. The summed E-state index contributed by atoms with van der Waals surface area (Å²) >= 11 is 0. The standard InChI is InChI=1S/C7H12O2.C6H10O3.C4H6O2/c1-3-5-6-9-7(8)4-2;1-5(2)6(8)9-4-3-7;1-3-6-4(2)5/h4H,2-3,5-6H2,1H3;7H,1,3-4H2,2H3;3H,1H2,2H3. The van der Waals surface area contributed by atoms with Crippen molar-refractivity contribution in [1.82, 2.24) is 0 Å². The van der Waals surface area contributed by atoms with Gasteiger partial charge in [-0.15, -0.1) is 0 Å². The molecule has 0 atom stereocenters. The second kappa shape index (κ2) is 20.6. The fraction of sp³-hybridized carbons (Fsp3) is 0.471. The SMILES string of the molecule is C=C(C)C(=O)OCCO.C=CC(=O)OCCCC.C=COC(C)=O. The zero-order chi connectivity index (χ0) is 19.4. The summed E-state index contributed by atoms with van der Waals surface area (Å²) in [5.41, 5.74) is 0.350. The van der Waals surface area contributed by atoms with Gasteiger partial charge in [0.2, 0.25) is 0 Å². The maximum atomic E-state index is 10.5. The highest BCUT2D eigenvalue weighted by atomic mass is 16.5. The lowest BCUT2D eigenvalue weighted by Crippen LogP contribution is -2.08. The lowest BCUT2D eigenvalue weighted by Gasteiger charge is -1.99. The highest BCUT2D eigenvalue weighted by molar-refractivity contribution is 5.86. The predicted molar refractivity (Wildman–Crippen MR) is 90.9 cm³/mol. The molecular weight excluding hydrogens is 316 g/mol. The van der Waals surface area contributed by atoms with Gasteiger partial charge < -0.3 is 19.3 Å². The normalized spacial score (nSPS) is 8.17. The Kier molecular flexibility index (Phi) is 22.7. The summed E-state index contributed by atoms with van der Waals surface area (Å²) in [7, 11) is 0. The van der Waals surface area contributed by atoms with Crippen LogP contribution in [0.15, 0.2) is 37.6 Å². The Morgan fingerprint density at radius 3 is 1.96 bits per heavy atom. The average Bonchev–Trinajstić information content (AvgIpc) is 2.53. The van der Waals surface area contributed by atoms with Gasteiger partial charge in [-0.05, 0) is 13.3 Å². The molecular formula is C17H28O7. The van der Waals surface area contributed by atoms with E-state index in [0.29, 0.717) is 12.2 Å². The van der Waals surface area contributed by atoms with Crippen molar-refractivity contribution in [2.75, 3.05) is 19.8 Å². The van der Waals surface area contributed by atoms with E-state index in [9.17, 15) is 14.4 Å². The maximum Gasteiger partial charge on any atom is 0.333 e. The first-order chi connectivity index (χ1) is 11.3. The topological polar surface area (TPSA) is 99.1 Å². The molecule has 0 radical (unpaired) electrons. The minimum absolute atomic E-state index is 0.0473. The Morgan fingerprint density at radius 2 is 1.67 bits per heavy atom. The molecule has 0 aromatic heterocycles. The van der Waals surface area contributed by atoms with Gasteiger partial charge in [0.05, 0.1) is 19.5 Å². The molecule has 0 saturated heterocycles. The molecule has 0 heterocycles. The van der Waals surface area contributed by atoms with Crippen LogP contribution in [0.1, 0.15) is 33.6 Å². The number of unbranched alkanes of at least 4 members (excludes halogenated alkanes) is 1. The van der Waals surface area contributed by atoms with Gasteiger partial charge in [-0.2, -0.15) is 0 Å². The number of ether oxygens (including phenoxy) is 3. The molecule has 24 heavy (non-hydrogen) atoms. The third kappa shape index (κ3) is 27.9. The molecule has 1 N–H and O–H groups in total.